The molecular formula is C20H26N2O2. The van der Waals surface area contributed by atoms with E-state index in [0.717, 1.165) is 18.7 Å². The van der Waals surface area contributed by atoms with E-state index in [9.17, 15) is 4.79 Å². The zero-order valence-electron chi connectivity index (χ0n) is 14.0. The first kappa shape index (κ1) is 18.0. The molecule has 128 valence electrons. The number of carbonyl (C=O) groups excluding carboxylic acids is 1. The Morgan fingerprint density at radius 3 is 2.21 bits per heavy atom. The van der Waals surface area contributed by atoms with Crippen molar-refractivity contribution in [1.29, 1.82) is 0 Å². The fourth-order valence-corrected chi connectivity index (χ4v) is 2.67. The number of anilines is 1. The molecule has 0 spiro atoms. The molecule has 0 saturated heterocycles. The SMILES string of the molecule is O=C(NO)c1ccc(NCCCCCCCc2ccccc2)cc1. The molecule has 0 heterocycles. The number of amides is 1. The Kier molecular flexibility index (Phi) is 7.84. The number of rotatable bonds is 10. The smallest absolute Gasteiger partial charge is 0.274 e. The minimum atomic E-state index is -0.489. The molecule has 1 amide bonds. The summed E-state index contributed by atoms with van der Waals surface area (Å²) in [5, 5.41) is 11.9. The van der Waals surface area contributed by atoms with E-state index in [1.165, 1.54) is 37.7 Å². The molecule has 0 unspecified atom stereocenters. The Bertz CT molecular complexity index is 597. The Labute approximate surface area is 143 Å². The number of hydrogen-bond donors (Lipinski definition) is 3. The third-order valence-electron chi connectivity index (χ3n) is 4.06. The second kappa shape index (κ2) is 10.4. The molecule has 4 heteroatoms. The lowest BCUT2D eigenvalue weighted by atomic mass is 10.1. The van der Waals surface area contributed by atoms with E-state index in [0.29, 0.717) is 5.56 Å². The number of benzene rings is 2. The maximum absolute atomic E-state index is 11.2. The van der Waals surface area contributed by atoms with Crippen molar-refractivity contribution in [3.05, 3.63) is 65.7 Å². The van der Waals surface area contributed by atoms with Crippen molar-refractivity contribution in [2.45, 2.75) is 38.5 Å². The Hall–Kier alpha value is -2.33. The topological polar surface area (TPSA) is 61.4 Å². The van der Waals surface area contributed by atoms with Crippen LogP contribution in [-0.2, 0) is 6.42 Å². The van der Waals surface area contributed by atoms with E-state index in [1.807, 2.05) is 12.1 Å². The van der Waals surface area contributed by atoms with Crippen molar-refractivity contribution in [1.82, 2.24) is 5.48 Å². The summed E-state index contributed by atoms with van der Waals surface area (Å²) in [5.74, 6) is -0.489. The van der Waals surface area contributed by atoms with Crippen LogP contribution in [0.2, 0.25) is 0 Å². The highest BCUT2D eigenvalue weighted by Crippen LogP contribution is 2.11. The van der Waals surface area contributed by atoms with Gasteiger partial charge in [0.15, 0.2) is 0 Å². The highest BCUT2D eigenvalue weighted by molar-refractivity contribution is 5.93. The predicted molar refractivity (Wildman–Crippen MR) is 97.4 cm³/mol. The second-order valence-electron chi connectivity index (χ2n) is 5.95. The molecule has 24 heavy (non-hydrogen) atoms. The van der Waals surface area contributed by atoms with Gasteiger partial charge in [0.25, 0.3) is 5.91 Å². The average Bonchev–Trinajstić information content (AvgIpc) is 2.64. The van der Waals surface area contributed by atoms with Crippen LogP contribution in [0.15, 0.2) is 54.6 Å². The molecule has 0 fully saturated rings. The molecule has 0 aromatic heterocycles. The number of nitrogens with one attached hydrogen (secondary N) is 2. The maximum Gasteiger partial charge on any atom is 0.274 e. The highest BCUT2D eigenvalue weighted by Gasteiger charge is 2.02. The lowest BCUT2D eigenvalue weighted by Crippen LogP contribution is -2.18. The van der Waals surface area contributed by atoms with E-state index >= 15 is 0 Å². The Morgan fingerprint density at radius 2 is 1.50 bits per heavy atom. The zero-order valence-corrected chi connectivity index (χ0v) is 14.0. The number of aryl methyl sites for hydroxylation is 1. The lowest BCUT2D eigenvalue weighted by molar-refractivity contribution is 0.0706. The first-order chi connectivity index (χ1) is 11.8. The van der Waals surface area contributed by atoms with Gasteiger partial charge in [0.1, 0.15) is 0 Å². The zero-order chi connectivity index (χ0) is 17.0. The molecular weight excluding hydrogens is 300 g/mol. The second-order valence-corrected chi connectivity index (χ2v) is 5.95. The monoisotopic (exact) mass is 326 g/mol. The summed E-state index contributed by atoms with van der Waals surface area (Å²) in [6.45, 7) is 0.935. The standard InChI is InChI=1S/C20H26N2O2/c23-20(22-24)18-12-14-19(15-13-18)21-16-8-3-1-2-5-9-17-10-6-4-7-11-17/h4,6-7,10-15,21,24H,1-3,5,8-9,16H2,(H,22,23). The van der Waals surface area contributed by atoms with Gasteiger partial charge in [-0.15, -0.1) is 0 Å². The van der Waals surface area contributed by atoms with Gasteiger partial charge in [0, 0.05) is 17.8 Å². The van der Waals surface area contributed by atoms with Gasteiger partial charge >= 0.3 is 0 Å². The molecule has 0 radical (unpaired) electrons. The normalized spacial score (nSPS) is 10.4. The Balaban J connectivity index is 1.51. The summed E-state index contributed by atoms with van der Waals surface area (Å²) in [6, 6.07) is 17.7. The number of hydrogen-bond acceptors (Lipinski definition) is 3. The molecule has 0 bridgehead atoms. The molecule has 0 aliphatic carbocycles. The van der Waals surface area contributed by atoms with E-state index in [-0.39, 0.29) is 0 Å². The summed E-state index contributed by atoms with van der Waals surface area (Å²) in [4.78, 5) is 11.2. The van der Waals surface area contributed by atoms with Crippen LogP contribution in [0.3, 0.4) is 0 Å². The van der Waals surface area contributed by atoms with Crippen LogP contribution in [0.4, 0.5) is 5.69 Å². The minimum absolute atomic E-state index is 0.446. The molecule has 2 aromatic rings. The van der Waals surface area contributed by atoms with Crippen LogP contribution in [0.25, 0.3) is 0 Å². The number of unbranched alkanes of at least 4 members (excludes halogenated alkanes) is 4. The molecule has 0 saturated carbocycles. The largest absolute Gasteiger partial charge is 0.385 e. The van der Waals surface area contributed by atoms with E-state index in [2.05, 4.69) is 35.6 Å². The quantitative estimate of drug-likeness (QED) is 0.344. The average molecular weight is 326 g/mol. The lowest BCUT2D eigenvalue weighted by Gasteiger charge is -2.07. The van der Waals surface area contributed by atoms with Crippen molar-refractivity contribution >= 4 is 11.6 Å². The number of hydroxylamine groups is 1. The number of carbonyl (C=O) groups is 1. The molecule has 2 rings (SSSR count). The van der Waals surface area contributed by atoms with E-state index in [1.54, 1.807) is 17.6 Å². The molecule has 3 N–H and O–H groups in total. The molecule has 0 aliphatic rings. The van der Waals surface area contributed by atoms with Crippen LogP contribution >= 0.6 is 0 Å². The predicted octanol–water partition coefficient (Wildman–Crippen LogP) is 4.41. The van der Waals surface area contributed by atoms with Crippen LogP contribution in [0.1, 0.15) is 48.0 Å². The first-order valence-corrected chi connectivity index (χ1v) is 8.62. The van der Waals surface area contributed by atoms with Gasteiger partial charge in [-0.05, 0) is 49.1 Å². The minimum Gasteiger partial charge on any atom is -0.385 e. The summed E-state index contributed by atoms with van der Waals surface area (Å²) in [5.41, 5.74) is 4.50. The van der Waals surface area contributed by atoms with Crippen molar-refractivity contribution in [3.63, 3.8) is 0 Å². The summed E-state index contributed by atoms with van der Waals surface area (Å²) < 4.78 is 0. The van der Waals surface area contributed by atoms with E-state index in [4.69, 9.17) is 5.21 Å². The van der Waals surface area contributed by atoms with Gasteiger partial charge in [-0.25, -0.2) is 5.48 Å². The fraction of sp³-hybridized carbons (Fsp3) is 0.350. The van der Waals surface area contributed by atoms with Crippen molar-refractivity contribution < 1.29 is 10.0 Å². The van der Waals surface area contributed by atoms with Crippen LogP contribution in [0, 0.1) is 0 Å². The van der Waals surface area contributed by atoms with Gasteiger partial charge in [-0.3, -0.25) is 10.0 Å². The van der Waals surface area contributed by atoms with Crippen LogP contribution in [-0.4, -0.2) is 17.7 Å². The molecule has 2 aromatic carbocycles. The van der Waals surface area contributed by atoms with Crippen LogP contribution < -0.4 is 10.8 Å². The van der Waals surface area contributed by atoms with Crippen molar-refractivity contribution in [2.24, 2.45) is 0 Å². The molecule has 0 aliphatic heterocycles. The van der Waals surface area contributed by atoms with Gasteiger partial charge in [0.05, 0.1) is 0 Å². The maximum atomic E-state index is 11.2. The molecule has 0 atom stereocenters. The van der Waals surface area contributed by atoms with Gasteiger partial charge in [-0.1, -0.05) is 49.6 Å². The fourth-order valence-electron chi connectivity index (χ4n) is 2.67. The van der Waals surface area contributed by atoms with Gasteiger partial charge in [-0.2, -0.15) is 0 Å². The van der Waals surface area contributed by atoms with E-state index < -0.39 is 5.91 Å². The summed E-state index contributed by atoms with van der Waals surface area (Å²) in [6.07, 6.45) is 7.35. The summed E-state index contributed by atoms with van der Waals surface area (Å²) >= 11 is 0. The van der Waals surface area contributed by atoms with Crippen LogP contribution in [0.5, 0.6) is 0 Å². The van der Waals surface area contributed by atoms with Gasteiger partial charge in [0.2, 0.25) is 0 Å². The van der Waals surface area contributed by atoms with Gasteiger partial charge < -0.3 is 5.32 Å². The van der Waals surface area contributed by atoms with Crippen molar-refractivity contribution in [3.8, 4) is 0 Å². The third-order valence-corrected chi connectivity index (χ3v) is 4.06. The third kappa shape index (κ3) is 6.42. The Morgan fingerprint density at radius 1 is 0.833 bits per heavy atom. The highest BCUT2D eigenvalue weighted by atomic mass is 16.5. The summed E-state index contributed by atoms with van der Waals surface area (Å²) in [7, 11) is 0. The first-order valence-electron chi connectivity index (χ1n) is 8.62. The van der Waals surface area contributed by atoms with Crippen molar-refractivity contribution in [2.75, 3.05) is 11.9 Å². The molecule has 4 nitrogen and oxygen atoms in total.